The molecule has 0 saturated heterocycles. The Morgan fingerprint density at radius 2 is 1.41 bits per heavy atom. The van der Waals surface area contributed by atoms with Gasteiger partial charge in [-0.25, -0.2) is 4.79 Å². The lowest BCUT2D eigenvalue weighted by molar-refractivity contribution is -0.0675. The second kappa shape index (κ2) is 18.6. The smallest absolute Gasteiger partial charge is 0.335 e. The molecule has 0 amide bonds. The number of rotatable bonds is 21. The van der Waals surface area contributed by atoms with Crippen LogP contribution in [0.2, 0.25) is 0 Å². The molecule has 0 fully saturated rings. The fraction of sp³-hybridized carbons (Fsp3) is 0.731. The Balaban J connectivity index is 2.45. The van der Waals surface area contributed by atoms with Crippen LogP contribution < -0.4 is 4.74 Å². The van der Waals surface area contributed by atoms with Crippen LogP contribution in [-0.2, 0) is 23.7 Å². The van der Waals surface area contributed by atoms with E-state index < -0.39 is 5.97 Å². The second-order valence-corrected chi connectivity index (χ2v) is 8.34. The van der Waals surface area contributed by atoms with Crippen molar-refractivity contribution in [1.29, 1.82) is 0 Å². The van der Waals surface area contributed by atoms with Gasteiger partial charge in [-0.05, 0) is 71.2 Å². The summed E-state index contributed by atoms with van der Waals surface area (Å²) >= 11 is 0. The van der Waals surface area contributed by atoms with E-state index in [1.54, 1.807) is 12.1 Å². The highest BCUT2D eigenvalue weighted by atomic mass is 16.5. The lowest BCUT2D eigenvalue weighted by Gasteiger charge is -2.26. The Morgan fingerprint density at radius 1 is 0.794 bits per heavy atom. The molecule has 0 heterocycles. The summed E-state index contributed by atoms with van der Waals surface area (Å²) in [5.74, 6) is -0.339. The van der Waals surface area contributed by atoms with Crippen LogP contribution in [-0.4, -0.2) is 81.7 Å². The van der Waals surface area contributed by atoms with Crippen molar-refractivity contribution in [2.45, 2.75) is 78.3 Å². The van der Waals surface area contributed by atoms with E-state index in [4.69, 9.17) is 33.5 Å². The maximum absolute atomic E-state index is 10.9. The van der Waals surface area contributed by atoms with Gasteiger partial charge in [0.25, 0.3) is 0 Å². The van der Waals surface area contributed by atoms with Crippen LogP contribution >= 0.6 is 0 Å². The predicted molar refractivity (Wildman–Crippen MR) is 131 cm³/mol. The van der Waals surface area contributed by atoms with Gasteiger partial charge in [0.15, 0.2) is 0 Å². The number of hydrogen-bond donors (Lipinski definition) is 1. The van der Waals surface area contributed by atoms with Crippen LogP contribution in [0.1, 0.15) is 64.2 Å². The van der Waals surface area contributed by atoms with Gasteiger partial charge in [0.1, 0.15) is 12.4 Å². The minimum Gasteiger partial charge on any atom is -0.491 e. The van der Waals surface area contributed by atoms with Gasteiger partial charge in [-0.3, -0.25) is 0 Å². The van der Waals surface area contributed by atoms with Gasteiger partial charge in [-0.15, -0.1) is 0 Å². The molecule has 8 heteroatoms. The minimum absolute atomic E-state index is 0.00379. The third-order valence-electron chi connectivity index (χ3n) is 5.11. The highest BCUT2D eigenvalue weighted by Crippen LogP contribution is 2.17. The van der Waals surface area contributed by atoms with E-state index >= 15 is 0 Å². The molecule has 8 nitrogen and oxygen atoms in total. The Labute approximate surface area is 204 Å². The van der Waals surface area contributed by atoms with Crippen molar-refractivity contribution < 1.29 is 38.3 Å². The molecule has 1 aromatic rings. The van der Waals surface area contributed by atoms with Crippen molar-refractivity contribution in [3.05, 3.63) is 29.8 Å². The first-order chi connectivity index (χ1) is 16.3. The average molecular weight is 485 g/mol. The fourth-order valence-electron chi connectivity index (χ4n) is 3.34. The van der Waals surface area contributed by atoms with Crippen molar-refractivity contribution in [2.24, 2.45) is 0 Å². The first kappa shape index (κ1) is 30.3. The number of carboxylic acids is 1. The van der Waals surface area contributed by atoms with E-state index in [9.17, 15) is 4.79 Å². The Kier molecular flexibility index (Phi) is 16.6. The largest absolute Gasteiger partial charge is 0.491 e. The topological polar surface area (TPSA) is 92.7 Å². The first-order valence-corrected chi connectivity index (χ1v) is 12.4. The molecule has 0 spiro atoms. The third kappa shape index (κ3) is 14.5. The molecule has 34 heavy (non-hydrogen) atoms. The average Bonchev–Trinajstić information content (AvgIpc) is 2.81. The molecule has 3 unspecified atom stereocenters. The van der Waals surface area contributed by atoms with Gasteiger partial charge in [-0.1, -0.05) is 6.92 Å². The predicted octanol–water partition coefficient (Wildman–Crippen LogP) is 4.59. The number of benzene rings is 1. The number of hydrogen-bond acceptors (Lipinski definition) is 7. The van der Waals surface area contributed by atoms with Gasteiger partial charge in [0, 0.05) is 6.61 Å². The summed E-state index contributed by atoms with van der Waals surface area (Å²) < 4.78 is 34.7. The lowest BCUT2D eigenvalue weighted by atomic mass is 10.0. The van der Waals surface area contributed by atoms with Crippen molar-refractivity contribution in [2.75, 3.05) is 46.2 Å². The van der Waals surface area contributed by atoms with Crippen LogP contribution in [0, 0.1) is 0 Å². The number of aromatic carboxylic acids is 1. The van der Waals surface area contributed by atoms with Crippen LogP contribution in [0.15, 0.2) is 24.3 Å². The van der Waals surface area contributed by atoms with Gasteiger partial charge < -0.3 is 33.5 Å². The Bertz CT molecular complexity index is 634. The van der Waals surface area contributed by atoms with Gasteiger partial charge in [0.05, 0.1) is 63.0 Å². The summed E-state index contributed by atoms with van der Waals surface area (Å²) in [5, 5.41) is 8.97. The molecule has 3 atom stereocenters. The van der Waals surface area contributed by atoms with Crippen LogP contribution in [0.5, 0.6) is 5.75 Å². The maximum atomic E-state index is 10.9. The molecule has 1 rings (SSSR count). The standard InChI is InChI=1S/C26H44O8/c1-6-23(32-16-17-33-24-10-8-22(9-11-24)26(27)28)19-25(34-13-12-29-7-2)18-21(5)31-15-14-30-20(3)4/h8-11,20-21,23,25H,6-7,12-19H2,1-5H3,(H,27,28). The van der Waals surface area contributed by atoms with Crippen LogP contribution in [0.3, 0.4) is 0 Å². The van der Waals surface area contributed by atoms with Crippen molar-refractivity contribution >= 4 is 5.97 Å². The van der Waals surface area contributed by atoms with Crippen LogP contribution in [0.4, 0.5) is 0 Å². The lowest BCUT2D eigenvalue weighted by Crippen LogP contribution is -2.29. The molecule has 196 valence electrons. The molecular weight excluding hydrogens is 440 g/mol. The van der Waals surface area contributed by atoms with Gasteiger partial charge >= 0.3 is 5.97 Å². The molecular formula is C26H44O8. The molecule has 0 aliphatic carbocycles. The number of carbonyl (C=O) groups is 1. The summed E-state index contributed by atoms with van der Waals surface area (Å²) in [6, 6.07) is 6.35. The number of ether oxygens (including phenoxy) is 6. The molecule has 0 aliphatic rings. The van der Waals surface area contributed by atoms with Crippen LogP contribution in [0.25, 0.3) is 0 Å². The maximum Gasteiger partial charge on any atom is 0.335 e. The molecule has 1 N–H and O–H groups in total. The van der Waals surface area contributed by atoms with Crippen molar-refractivity contribution in [3.63, 3.8) is 0 Å². The molecule has 0 saturated carbocycles. The van der Waals surface area contributed by atoms with E-state index in [0.29, 0.717) is 52.0 Å². The van der Waals surface area contributed by atoms with Crippen molar-refractivity contribution in [1.82, 2.24) is 0 Å². The minimum atomic E-state index is -0.956. The monoisotopic (exact) mass is 484 g/mol. The van der Waals surface area contributed by atoms with Gasteiger partial charge in [0.2, 0.25) is 0 Å². The van der Waals surface area contributed by atoms with Gasteiger partial charge in [-0.2, -0.15) is 0 Å². The zero-order chi connectivity index (χ0) is 25.2. The molecule has 0 bridgehead atoms. The Morgan fingerprint density at radius 3 is 2.03 bits per heavy atom. The number of carboxylic acid groups (broad SMARTS) is 1. The normalized spacial score (nSPS) is 14.2. The Hall–Kier alpha value is -1.71. The first-order valence-electron chi connectivity index (χ1n) is 12.4. The van der Waals surface area contributed by atoms with Crippen molar-refractivity contribution in [3.8, 4) is 5.75 Å². The zero-order valence-electron chi connectivity index (χ0n) is 21.5. The summed E-state index contributed by atoms with van der Waals surface area (Å²) in [4.78, 5) is 10.9. The summed E-state index contributed by atoms with van der Waals surface area (Å²) in [5.41, 5.74) is 0.232. The van der Waals surface area contributed by atoms with E-state index in [0.717, 1.165) is 19.3 Å². The zero-order valence-corrected chi connectivity index (χ0v) is 21.5. The third-order valence-corrected chi connectivity index (χ3v) is 5.11. The molecule has 0 aliphatic heterocycles. The summed E-state index contributed by atoms with van der Waals surface area (Å²) in [7, 11) is 0. The van der Waals surface area contributed by atoms with E-state index in [1.165, 1.54) is 12.1 Å². The molecule has 0 radical (unpaired) electrons. The second-order valence-electron chi connectivity index (χ2n) is 8.34. The SMILES string of the molecule is CCOCCOC(CC(C)OCCOC(C)C)CC(CC)OCCOc1ccc(C(=O)O)cc1. The van der Waals surface area contributed by atoms with E-state index in [-0.39, 0.29) is 30.0 Å². The summed E-state index contributed by atoms with van der Waals surface area (Å²) in [6.07, 6.45) is 2.65. The molecule has 0 aromatic heterocycles. The van der Waals surface area contributed by atoms with E-state index in [1.807, 2.05) is 20.8 Å². The quantitative estimate of drug-likeness (QED) is 0.253. The highest BCUT2D eigenvalue weighted by molar-refractivity contribution is 5.87. The fourth-order valence-corrected chi connectivity index (χ4v) is 3.34. The molecule has 1 aromatic carbocycles. The summed E-state index contributed by atoms with van der Waals surface area (Å²) in [6.45, 7) is 13.9. The van der Waals surface area contributed by atoms with E-state index in [2.05, 4.69) is 13.8 Å². The highest BCUT2D eigenvalue weighted by Gasteiger charge is 2.20.